The van der Waals surface area contributed by atoms with Crippen molar-refractivity contribution in [2.75, 3.05) is 11.9 Å². The number of anilines is 1. The first-order valence-electron chi connectivity index (χ1n) is 5.23. The summed E-state index contributed by atoms with van der Waals surface area (Å²) in [5.74, 6) is -1.23. The van der Waals surface area contributed by atoms with E-state index in [4.69, 9.17) is 5.73 Å². The molecule has 0 radical (unpaired) electrons. The molecule has 18 heavy (non-hydrogen) atoms. The van der Waals surface area contributed by atoms with Gasteiger partial charge in [-0.15, -0.1) is 0 Å². The molecule has 0 aromatic heterocycles. The van der Waals surface area contributed by atoms with Crippen LogP contribution in [0.15, 0.2) is 18.2 Å². The van der Waals surface area contributed by atoms with Crippen LogP contribution in [0.4, 0.5) is 15.8 Å². The van der Waals surface area contributed by atoms with Crippen molar-refractivity contribution in [3.63, 3.8) is 0 Å². The van der Waals surface area contributed by atoms with E-state index in [1.54, 1.807) is 13.8 Å². The summed E-state index contributed by atoms with van der Waals surface area (Å²) >= 11 is 0. The minimum absolute atomic E-state index is 0.0787. The van der Waals surface area contributed by atoms with Crippen LogP contribution in [-0.2, 0) is 4.79 Å². The molecular weight excluding hydrogens is 241 g/mol. The molecule has 0 unspecified atom stereocenters. The largest absolute Gasteiger partial charge is 0.329 e. The lowest BCUT2D eigenvalue weighted by Gasteiger charge is -2.21. The predicted molar refractivity (Wildman–Crippen MR) is 64.5 cm³/mol. The molecule has 0 aliphatic heterocycles. The van der Waals surface area contributed by atoms with E-state index in [0.717, 1.165) is 18.2 Å². The SMILES string of the molecule is CC(C)(CN)C(=O)Nc1cc([N+](=O)[O-])ccc1F. The van der Waals surface area contributed by atoms with Gasteiger partial charge in [0, 0.05) is 18.7 Å². The van der Waals surface area contributed by atoms with E-state index in [2.05, 4.69) is 5.32 Å². The third-order valence-corrected chi connectivity index (χ3v) is 2.53. The van der Waals surface area contributed by atoms with Crippen LogP contribution in [0, 0.1) is 21.3 Å². The number of rotatable bonds is 4. The van der Waals surface area contributed by atoms with Gasteiger partial charge in [0.1, 0.15) is 5.82 Å². The fourth-order valence-corrected chi connectivity index (χ4v) is 1.11. The highest BCUT2D eigenvalue weighted by Crippen LogP contribution is 2.23. The van der Waals surface area contributed by atoms with E-state index in [1.807, 2.05) is 0 Å². The number of hydrogen-bond donors (Lipinski definition) is 2. The zero-order chi connectivity index (χ0) is 13.9. The number of halogens is 1. The van der Waals surface area contributed by atoms with Gasteiger partial charge in [0.15, 0.2) is 0 Å². The molecule has 0 fully saturated rings. The highest BCUT2D eigenvalue weighted by molar-refractivity contribution is 5.95. The van der Waals surface area contributed by atoms with Gasteiger partial charge in [0.2, 0.25) is 5.91 Å². The monoisotopic (exact) mass is 255 g/mol. The number of non-ortho nitro benzene ring substituents is 1. The van der Waals surface area contributed by atoms with Crippen molar-refractivity contribution in [3.05, 3.63) is 34.1 Å². The molecule has 0 spiro atoms. The summed E-state index contributed by atoms with van der Waals surface area (Å²) in [4.78, 5) is 21.7. The number of benzene rings is 1. The Morgan fingerprint density at radius 2 is 2.17 bits per heavy atom. The van der Waals surface area contributed by atoms with Crippen molar-refractivity contribution in [3.8, 4) is 0 Å². The molecule has 7 heteroatoms. The van der Waals surface area contributed by atoms with Gasteiger partial charge in [-0.2, -0.15) is 0 Å². The normalized spacial score (nSPS) is 11.1. The Hall–Kier alpha value is -2.02. The Morgan fingerprint density at radius 3 is 2.67 bits per heavy atom. The standard InChI is InChI=1S/C11H14FN3O3/c1-11(2,6-13)10(16)14-9-5-7(15(17)18)3-4-8(9)12/h3-5H,6,13H2,1-2H3,(H,14,16). The second-order valence-electron chi connectivity index (χ2n) is 4.46. The van der Waals surface area contributed by atoms with Crippen LogP contribution in [-0.4, -0.2) is 17.4 Å². The molecule has 0 saturated heterocycles. The third-order valence-electron chi connectivity index (χ3n) is 2.53. The van der Waals surface area contributed by atoms with Crippen molar-refractivity contribution in [2.24, 2.45) is 11.1 Å². The molecule has 0 heterocycles. The molecule has 1 amide bonds. The van der Waals surface area contributed by atoms with Gasteiger partial charge in [-0.3, -0.25) is 14.9 Å². The van der Waals surface area contributed by atoms with Gasteiger partial charge < -0.3 is 11.1 Å². The maximum absolute atomic E-state index is 13.4. The molecule has 3 N–H and O–H groups in total. The summed E-state index contributed by atoms with van der Waals surface area (Å²) in [5.41, 5.74) is 4.02. The van der Waals surface area contributed by atoms with Crippen molar-refractivity contribution in [1.82, 2.24) is 0 Å². The summed E-state index contributed by atoms with van der Waals surface area (Å²) in [5, 5.41) is 12.9. The summed E-state index contributed by atoms with van der Waals surface area (Å²) < 4.78 is 13.4. The maximum atomic E-state index is 13.4. The first-order chi connectivity index (χ1) is 8.27. The Kier molecular flexibility index (Phi) is 3.97. The molecule has 1 rings (SSSR count). The van der Waals surface area contributed by atoms with Crippen molar-refractivity contribution < 1.29 is 14.1 Å². The molecule has 0 aliphatic carbocycles. The summed E-state index contributed by atoms with van der Waals surface area (Å²) in [7, 11) is 0. The second-order valence-corrected chi connectivity index (χ2v) is 4.46. The minimum Gasteiger partial charge on any atom is -0.329 e. The number of amides is 1. The molecule has 0 saturated carbocycles. The number of hydrogen-bond acceptors (Lipinski definition) is 4. The van der Waals surface area contributed by atoms with Crippen LogP contribution >= 0.6 is 0 Å². The summed E-state index contributed by atoms with van der Waals surface area (Å²) in [6, 6.07) is 2.93. The maximum Gasteiger partial charge on any atom is 0.271 e. The Balaban J connectivity index is 3.01. The molecule has 6 nitrogen and oxygen atoms in total. The van der Waals surface area contributed by atoms with E-state index in [0.29, 0.717) is 0 Å². The van der Waals surface area contributed by atoms with Crippen LogP contribution in [0.25, 0.3) is 0 Å². The zero-order valence-electron chi connectivity index (χ0n) is 10.1. The topological polar surface area (TPSA) is 98.3 Å². The smallest absolute Gasteiger partial charge is 0.271 e. The molecular formula is C11H14FN3O3. The average Bonchev–Trinajstić information content (AvgIpc) is 2.31. The number of carbonyl (C=O) groups is 1. The number of carbonyl (C=O) groups excluding carboxylic acids is 1. The minimum atomic E-state index is -0.878. The van der Waals surface area contributed by atoms with Gasteiger partial charge in [-0.1, -0.05) is 0 Å². The fraction of sp³-hybridized carbons (Fsp3) is 0.364. The van der Waals surface area contributed by atoms with Crippen LogP contribution in [0.3, 0.4) is 0 Å². The highest BCUT2D eigenvalue weighted by atomic mass is 19.1. The van der Waals surface area contributed by atoms with Gasteiger partial charge in [-0.25, -0.2) is 4.39 Å². The fourth-order valence-electron chi connectivity index (χ4n) is 1.11. The average molecular weight is 255 g/mol. The molecule has 0 aliphatic rings. The molecule has 98 valence electrons. The van der Waals surface area contributed by atoms with Crippen LogP contribution in [0.5, 0.6) is 0 Å². The molecule has 0 bridgehead atoms. The van der Waals surface area contributed by atoms with E-state index in [9.17, 15) is 19.3 Å². The van der Waals surface area contributed by atoms with E-state index in [-0.39, 0.29) is 17.9 Å². The number of nitrogens with zero attached hydrogens (tertiary/aromatic N) is 1. The van der Waals surface area contributed by atoms with E-state index in [1.165, 1.54) is 0 Å². The number of nitro groups is 1. The lowest BCUT2D eigenvalue weighted by molar-refractivity contribution is -0.384. The van der Waals surface area contributed by atoms with E-state index < -0.39 is 22.1 Å². The van der Waals surface area contributed by atoms with Gasteiger partial charge >= 0.3 is 0 Å². The van der Waals surface area contributed by atoms with Crippen molar-refractivity contribution in [2.45, 2.75) is 13.8 Å². The third kappa shape index (κ3) is 3.01. The molecule has 1 aromatic rings. The number of nitro benzene ring substituents is 1. The van der Waals surface area contributed by atoms with Crippen molar-refractivity contribution >= 4 is 17.3 Å². The van der Waals surface area contributed by atoms with Crippen LogP contribution in [0.2, 0.25) is 0 Å². The summed E-state index contributed by atoms with van der Waals surface area (Å²) in [6.07, 6.45) is 0. The Morgan fingerprint density at radius 1 is 1.56 bits per heavy atom. The van der Waals surface area contributed by atoms with Gasteiger partial charge in [-0.05, 0) is 19.9 Å². The lowest BCUT2D eigenvalue weighted by atomic mass is 9.92. The van der Waals surface area contributed by atoms with Crippen molar-refractivity contribution in [1.29, 1.82) is 0 Å². The Labute approximate surface area is 103 Å². The first-order valence-corrected chi connectivity index (χ1v) is 5.23. The second kappa shape index (κ2) is 5.09. The van der Waals surface area contributed by atoms with Gasteiger partial charge in [0.05, 0.1) is 16.0 Å². The predicted octanol–water partition coefficient (Wildman–Crippen LogP) is 1.66. The quantitative estimate of drug-likeness (QED) is 0.631. The number of nitrogens with one attached hydrogen (secondary N) is 1. The molecule has 0 atom stereocenters. The zero-order valence-corrected chi connectivity index (χ0v) is 10.1. The van der Waals surface area contributed by atoms with E-state index >= 15 is 0 Å². The van der Waals surface area contributed by atoms with Gasteiger partial charge in [0.25, 0.3) is 5.69 Å². The number of nitrogens with two attached hydrogens (primary N) is 1. The first kappa shape index (κ1) is 14.0. The highest BCUT2D eigenvalue weighted by Gasteiger charge is 2.27. The van der Waals surface area contributed by atoms with Crippen LogP contribution in [0.1, 0.15) is 13.8 Å². The Bertz CT molecular complexity index is 488. The summed E-state index contributed by atoms with van der Waals surface area (Å²) in [6.45, 7) is 3.27. The lowest BCUT2D eigenvalue weighted by Crippen LogP contribution is -2.37. The molecule has 1 aromatic carbocycles. The van der Waals surface area contributed by atoms with Crippen LogP contribution < -0.4 is 11.1 Å².